The van der Waals surface area contributed by atoms with Gasteiger partial charge >= 0.3 is 0 Å². The van der Waals surface area contributed by atoms with E-state index >= 15 is 0 Å². The maximum absolute atomic E-state index is 14.2. The Kier molecular flexibility index (Phi) is 6.33. The first kappa shape index (κ1) is 20.7. The van der Waals surface area contributed by atoms with E-state index in [1.54, 1.807) is 6.92 Å². The van der Waals surface area contributed by atoms with Crippen LogP contribution in [0, 0.1) is 12.7 Å². The van der Waals surface area contributed by atoms with Gasteiger partial charge in [0.1, 0.15) is 10.7 Å². The van der Waals surface area contributed by atoms with Gasteiger partial charge in [-0.25, -0.2) is 12.8 Å². The van der Waals surface area contributed by atoms with Crippen LogP contribution < -0.4 is 5.32 Å². The molecule has 0 bridgehead atoms. The average molecular weight is 432 g/mol. The fourth-order valence-corrected chi connectivity index (χ4v) is 4.57. The van der Waals surface area contributed by atoms with E-state index in [0.29, 0.717) is 17.7 Å². The largest absolute Gasteiger partial charge is 0.379 e. The van der Waals surface area contributed by atoms with Gasteiger partial charge in [0.05, 0.1) is 18.9 Å². The molecule has 2 aromatic rings. The van der Waals surface area contributed by atoms with Crippen LogP contribution >= 0.6 is 11.6 Å². The number of benzene rings is 1. The maximum Gasteiger partial charge on any atom is 0.246 e. The van der Waals surface area contributed by atoms with Crippen molar-refractivity contribution in [2.24, 2.45) is 0 Å². The number of rotatable bonds is 6. The van der Waals surface area contributed by atoms with Crippen molar-refractivity contribution in [1.29, 1.82) is 0 Å². The quantitative estimate of drug-likeness (QED) is 0.753. The summed E-state index contributed by atoms with van der Waals surface area (Å²) >= 11 is 5.87. The van der Waals surface area contributed by atoms with Crippen LogP contribution in [-0.4, -0.2) is 50.1 Å². The third-order valence-corrected chi connectivity index (χ3v) is 6.55. The number of ether oxygens (including phenoxy) is 1. The summed E-state index contributed by atoms with van der Waals surface area (Å²) in [5.41, 5.74) is 1.41. The van der Waals surface area contributed by atoms with E-state index in [-0.39, 0.29) is 49.5 Å². The van der Waals surface area contributed by atoms with Crippen LogP contribution in [0.15, 0.2) is 27.6 Å². The normalized spacial score (nSPS) is 15.5. The number of carbonyl (C=O) groups excluding carboxylic acids is 1. The third-order valence-electron chi connectivity index (χ3n) is 4.34. The van der Waals surface area contributed by atoms with Crippen molar-refractivity contribution >= 4 is 33.2 Å². The van der Waals surface area contributed by atoms with E-state index in [1.807, 2.05) is 0 Å². The first-order valence-electron chi connectivity index (χ1n) is 8.57. The zero-order valence-corrected chi connectivity index (χ0v) is 16.6. The van der Waals surface area contributed by atoms with Crippen LogP contribution in [0.2, 0.25) is 5.22 Å². The minimum atomic E-state index is -4.02. The standard InChI is InChI=1S/C17H19ClFN3O5S/c1-11-13(17(18)27-21-11)3-5-16(23)20-12-2-4-14(19)15(10-12)28(24,25)22-6-8-26-9-7-22/h2,4,10H,3,5-9H2,1H3,(H,20,23). The van der Waals surface area contributed by atoms with Gasteiger partial charge in [-0.2, -0.15) is 4.31 Å². The molecule has 0 radical (unpaired) electrons. The summed E-state index contributed by atoms with van der Waals surface area (Å²) in [5.74, 6) is -1.26. The van der Waals surface area contributed by atoms with E-state index < -0.39 is 20.7 Å². The SMILES string of the molecule is Cc1noc(Cl)c1CCC(=O)Nc1ccc(F)c(S(=O)(=O)N2CCOCC2)c1. The summed E-state index contributed by atoms with van der Waals surface area (Å²) in [6.45, 7) is 2.52. The van der Waals surface area contributed by atoms with E-state index in [1.165, 1.54) is 6.07 Å². The van der Waals surface area contributed by atoms with Crippen molar-refractivity contribution in [3.63, 3.8) is 0 Å². The minimum absolute atomic E-state index is 0.0741. The zero-order chi connectivity index (χ0) is 20.3. The highest BCUT2D eigenvalue weighted by molar-refractivity contribution is 7.89. The Hall–Kier alpha value is -2.01. The summed E-state index contributed by atoms with van der Waals surface area (Å²) in [6.07, 6.45) is 0.380. The van der Waals surface area contributed by atoms with Gasteiger partial charge in [-0.05, 0) is 43.1 Å². The number of morpholine rings is 1. The molecule has 1 fully saturated rings. The average Bonchev–Trinajstić information content (AvgIpc) is 3.00. The van der Waals surface area contributed by atoms with Crippen LogP contribution in [0.1, 0.15) is 17.7 Å². The van der Waals surface area contributed by atoms with E-state index in [2.05, 4.69) is 10.5 Å². The lowest BCUT2D eigenvalue weighted by Crippen LogP contribution is -2.40. The topological polar surface area (TPSA) is 102 Å². The number of amides is 1. The first-order chi connectivity index (χ1) is 13.3. The van der Waals surface area contributed by atoms with Gasteiger partial charge in [-0.3, -0.25) is 4.79 Å². The number of hydrogen-bond donors (Lipinski definition) is 1. The number of halogens is 2. The first-order valence-corrected chi connectivity index (χ1v) is 10.4. The Bertz CT molecular complexity index is 954. The molecule has 1 aliphatic rings. The Balaban J connectivity index is 1.71. The molecule has 2 heterocycles. The molecule has 1 N–H and O–H groups in total. The third kappa shape index (κ3) is 4.52. The molecule has 28 heavy (non-hydrogen) atoms. The van der Waals surface area contributed by atoms with Gasteiger partial charge in [0.15, 0.2) is 0 Å². The fourth-order valence-electron chi connectivity index (χ4n) is 2.81. The van der Waals surface area contributed by atoms with Gasteiger partial charge in [0.2, 0.25) is 21.1 Å². The molecule has 1 aliphatic heterocycles. The highest BCUT2D eigenvalue weighted by Gasteiger charge is 2.29. The lowest BCUT2D eigenvalue weighted by Gasteiger charge is -2.26. The molecule has 1 amide bonds. The second kappa shape index (κ2) is 8.56. The van der Waals surface area contributed by atoms with Crippen LogP contribution in [-0.2, 0) is 26.0 Å². The lowest BCUT2D eigenvalue weighted by atomic mass is 10.1. The number of carbonyl (C=O) groups is 1. The molecule has 0 spiro atoms. The highest BCUT2D eigenvalue weighted by Crippen LogP contribution is 2.25. The molecule has 152 valence electrons. The molecule has 8 nitrogen and oxygen atoms in total. The summed E-state index contributed by atoms with van der Waals surface area (Å²) in [4.78, 5) is 11.7. The molecule has 1 aromatic heterocycles. The predicted molar refractivity (Wildman–Crippen MR) is 99.2 cm³/mol. The number of aromatic nitrogens is 1. The van der Waals surface area contributed by atoms with Crippen molar-refractivity contribution in [3.8, 4) is 0 Å². The van der Waals surface area contributed by atoms with Crippen LogP contribution in [0.3, 0.4) is 0 Å². The molecule has 11 heteroatoms. The molecule has 0 atom stereocenters. The molecule has 0 saturated carbocycles. The molecular formula is C17H19ClFN3O5S. The number of nitrogens with zero attached hydrogens (tertiary/aromatic N) is 2. The highest BCUT2D eigenvalue weighted by atomic mass is 35.5. The van der Waals surface area contributed by atoms with Gasteiger partial charge in [0, 0.05) is 30.8 Å². The summed E-state index contributed by atoms with van der Waals surface area (Å²) in [6, 6.07) is 3.45. The zero-order valence-electron chi connectivity index (χ0n) is 15.1. The van der Waals surface area contributed by atoms with Gasteiger partial charge in [-0.1, -0.05) is 5.16 Å². The van der Waals surface area contributed by atoms with Gasteiger partial charge in [-0.15, -0.1) is 0 Å². The second-order valence-electron chi connectivity index (χ2n) is 6.23. The Labute approximate surface area is 166 Å². The summed E-state index contributed by atoms with van der Waals surface area (Å²) < 4.78 is 50.7. The van der Waals surface area contributed by atoms with Crippen molar-refractivity contribution in [2.75, 3.05) is 31.6 Å². The van der Waals surface area contributed by atoms with Crippen LogP contribution in [0.4, 0.5) is 10.1 Å². The lowest BCUT2D eigenvalue weighted by molar-refractivity contribution is -0.116. The molecule has 1 aromatic carbocycles. The van der Waals surface area contributed by atoms with Gasteiger partial charge in [0.25, 0.3) is 0 Å². The van der Waals surface area contributed by atoms with Crippen LogP contribution in [0.25, 0.3) is 0 Å². The summed E-state index contributed by atoms with van der Waals surface area (Å²) in [5, 5.41) is 6.42. The molecular weight excluding hydrogens is 413 g/mol. The van der Waals surface area contributed by atoms with Crippen LogP contribution in [0.5, 0.6) is 0 Å². The molecule has 3 rings (SSSR count). The Morgan fingerprint density at radius 2 is 2.07 bits per heavy atom. The smallest absolute Gasteiger partial charge is 0.246 e. The number of hydrogen-bond acceptors (Lipinski definition) is 6. The number of aryl methyl sites for hydroxylation is 1. The molecule has 0 unspecified atom stereocenters. The number of sulfonamides is 1. The van der Waals surface area contributed by atoms with E-state index in [4.69, 9.17) is 20.9 Å². The van der Waals surface area contributed by atoms with Crippen molar-refractivity contribution in [2.45, 2.75) is 24.7 Å². The number of nitrogens with one attached hydrogen (secondary N) is 1. The maximum atomic E-state index is 14.2. The van der Waals surface area contributed by atoms with Gasteiger partial charge < -0.3 is 14.6 Å². The fraction of sp³-hybridized carbons (Fsp3) is 0.412. The van der Waals surface area contributed by atoms with Crippen molar-refractivity contribution in [1.82, 2.24) is 9.46 Å². The summed E-state index contributed by atoms with van der Waals surface area (Å²) in [7, 11) is -4.02. The Morgan fingerprint density at radius 1 is 1.36 bits per heavy atom. The number of anilines is 1. The van der Waals surface area contributed by atoms with Crippen molar-refractivity contribution < 1.29 is 26.9 Å². The predicted octanol–water partition coefficient (Wildman–Crippen LogP) is 2.37. The second-order valence-corrected chi connectivity index (χ2v) is 8.48. The van der Waals surface area contributed by atoms with E-state index in [0.717, 1.165) is 16.4 Å². The van der Waals surface area contributed by atoms with Crippen molar-refractivity contribution in [3.05, 3.63) is 40.5 Å². The Morgan fingerprint density at radius 3 is 2.71 bits per heavy atom. The monoisotopic (exact) mass is 431 g/mol. The molecule has 0 aliphatic carbocycles. The van der Waals surface area contributed by atoms with E-state index in [9.17, 15) is 17.6 Å². The molecule has 1 saturated heterocycles. The minimum Gasteiger partial charge on any atom is -0.379 e.